The topological polar surface area (TPSA) is 237 Å². The second-order valence-electron chi connectivity index (χ2n) is 28.1. The van der Waals surface area contributed by atoms with E-state index in [1.165, 1.54) is 161 Å². The quantitative estimate of drug-likeness (QED) is 0.0169. The van der Waals surface area contributed by atoms with E-state index in [0.29, 0.717) is 25.7 Å². The fraction of sp³-hybridized carbons (Fsp3) is 0.831. The van der Waals surface area contributed by atoms with Crippen molar-refractivity contribution in [2.75, 3.05) is 39.6 Å². The number of aliphatic hydroxyl groups excluding tert-OH is 1. The zero-order valence-electron chi connectivity index (χ0n) is 65.3. The second-order valence-corrected chi connectivity index (χ2v) is 31.0. The van der Waals surface area contributed by atoms with Gasteiger partial charge in [-0.15, -0.1) is 0 Å². The molecule has 0 saturated heterocycles. The molecule has 0 bridgehead atoms. The van der Waals surface area contributed by atoms with E-state index in [9.17, 15) is 43.2 Å². The standard InChI is InChI=1S/C83H152O17P2/c1-5-9-13-17-21-25-29-33-36-37-38-39-42-45-48-52-56-60-64-68-81(86)94-74-79(100-83(88)70-66-62-58-54-50-46-41-35-31-27-23-19-15-11-7-3)76-98-102(91,92)96-72-77(84)71-95-101(89,90)97-75-78(99-82(87)69-65-61-57-53-49-43-32-28-24-20-16-12-8-4)73-93-80(85)67-63-59-55-51-47-44-40-34-30-26-22-18-14-10-6-2/h9,13,21,25,28,32-33,36,38-39,77-79,84H,5-8,10-12,14-20,22-24,26-27,29-31,34-35,37,40-76H2,1-4H3,(H,89,90)(H,91,92)/b13-9-,25-21-,32-28-,36-33-,39-38-. The van der Waals surface area contributed by atoms with Crippen molar-refractivity contribution in [2.45, 2.75) is 406 Å². The van der Waals surface area contributed by atoms with Crippen molar-refractivity contribution in [3.8, 4) is 0 Å². The molecule has 5 unspecified atom stereocenters. The van der Waals surface area contributed by atoms with Gasteiger partial charge in [0.1, 0.15) is 19.3 Å². The van der Waals surface area contributed by atoms with Crippen molar-refractivity contribution in [3.63, 3.8) is 0 Å². The number of aliphatic hydroxyl groups is 1. The first-order chi connectivity index (χ1) is 49.7. The molecule has 3 N–H and O–H groups in total. The largest absolute Gasteiger partial charge is 0.472 e. The first-order valence-electron chi connectivity index (χ1n) is 41.5. The van der Waals surface area contributed by atoms with Crippen LogP contribution in [0, 0.1) is 0 Å². The highest BCUT2D eigenvalue weighted by Crippen LogP contribution is 2.45. The zero-order valence-corrected chi connectivity index (χ0v) is 67.1. The number of phosphoric ester groups is 2. The van der Waals surface area contributed by atoms with E-state index in [-0.39, 0.29) is 25.7 Å². The fourth-order valence-corrected chi connectivity index (χ4v) is 13.3. The van der Waals surface area contributed by atoms with Crippen LogP contribution in [0.3, 0.4) is 0 Å². The fourth-order valence-electron chi connectivity index (χ4n) is 11.7. The summed E-state index contributed by atoms with van der Waals surface area (Å²) in [5.74, 6) is -2.16. The number of phosphoric acid groups is 2. The van der Waals surface area contributed by atoms with Crippen molar-refractivity contribution in [3.05, 3.63) is 60.8 Å². The number of carbonyl (C=O) groups excluding carboxylic acids is 4. The molecule has 0 spiro atoms. The Kier molecular flexibility index (Phi) is 73.6. The zero-order chi connectivity index (χ0) is 74.6. The number of rotatable bonds is 79. The van der Waals surface area contributed by atoms with Crippen LogP contribution >= 0.6 is 15.6 Å². The first kappa shape index (κ1) is 98.8. The van der Waals surface area contributed by atoms with Crippen molar-refractivity contribution in [1.82, 2.24) is 0 Å². The second kappa shape index (κ2) is 76.0. The first-order valence-corrected chi connectivity index (χ1v) is 44.5. The Labute approximate surface area is 622 Å². The summed E-state index contributed by atoms with van der Waals surface area (Å²) < 4.78 is 68.7. The van der Waals surface area contributed by atoms with Gasteiger partial charge in [-0.25, -0.2) is 9.13 Å². The lowest BCUT2D eigenvalue weighted by Gasteiger charge is -2.21. The SMILES string of the molecule is CC/C=C\C/C=C\C/C=C\C/C=C\CCCCCCCCC(=O)OCC(COP(=O)(O)OCC(O)COP(=O)(O)OCC(COC(=O)CCCCCCCCCCCCCCCCC)OC(=O)CCCCCCC/C=C\CCCCCC)OC(=O)CCCCCCCCCCCCCCCCC. The van der Waals surface area contributed by atoms with Gasteiger partial charge < -0.3 is 33.8 Å². The minimum atomic E-state index is -4.97. The van der Waals surface area contributed by atoms with E-state index in [4.69, 9.17) is 37.0 Å². The van der Waals surface area contributed by atoms with E-state index in [1.54, 1.807) is 0 Å². The molecule has 17 nitrogen and oxygen atoms in total. The lowest BCUT2D eigenvalue weighted by molar-refractivity contribution is -0.161. The van der Waals surface area contributed by atoms with Gasteiger partial charge in [0, 0.05) is 25.7 Å². The van der Waals surface area contributed by atoms with E-state index in [2.05, 4.69) is 88.5 Å². The monoisotopic (exact) mass is 1480 g/mol. The van der Waals surface area contributed by atoms with Crippen LogP contribution in [-0.2, 0) is 65.4 Å². The number of esters is 4. The van der Waals surface area contributed by atoms with Crippen LogP contribution in [0.4, 0.5) is 0 Å². The van der Waals surface area contributed by atoms with Gasteiger partial charge in [0.2, 0.25) is 0 Å². The molecule has 0 radical (unpaired) electrons. The summed E-state index contributed by atoms with van der Waals surface area (Å²) in [6.07, 6.45) is 76.1. The number of unbranched alkanes of at least 4 members (excludes halogenated alkanes) is 43. The number of hydrogen-bond donors (Lipinski definition) is 3. The third kappa shape index (κ3) is 75.0. The summed E-state index contributed by atoms with van der Waals surface area (Å²) in [4.78, 5) is 73.1. The Morgan fingerprint density at radius 2 is 0.510 bits per heavy atom. The Morgan fingerprint density at radius 3 is 0.804 bits per heavy atom. The lowest BCUT2D eigenvalue weighted by Crippen LogP contribution is -2.30. The summed E-state index contributed by atoms with van der Waals surface area (Å²) in [7, 11) is -9.94. The van der Waals surface area contributed by atoms with Crippen LogP contribution in [0.2, 0.25) is 0 Å². The summed E-state index contributed by atoms with van der Waals surface area (Å²) in [5, 5.41) is 10.6. The van der Waals surface area contributed by atoms with Crippen molar-refractivity contribution < 1.29 is 80.2 Å². The van der Waals surface area contributed by atoms with Gasteiger partial charge >= 0.3 is 39.5 Å². The van der Waals surface area contributed by atoms with Gasteiger partial charge in [0.05, 0.1) is 26.4 Å². The molecule has 0 amide bonds. The molecule has 0 aromatic heterocycles. The number of carbonyl (C=O) groups is 4. The number of hydrogen-bond acceptors (Lipinski definition) is 15. The van der Waals surface area contributed by atoms with Gasteiger partial charge in [0.25, 0.3) is 0 Å². The van der Waals surface area contributed by atoms with Gasteiger partial charge in [-0.2, -0.15) is 0 Å². The maximum Gasteiger partial charge on any atom is 0.472 e. The molecule has 0 aliphatic rings. The lowest BCUT2D eigenvalue weighted by atomic mass is 10.0. The maximum absolute atomic E-state index is 13.1. The molecule has 0 rings (SSSR count). The normalized spacial score (nSPS) is 14.1. The number of allylic oxidation sites excluding steroid dienone is 10. The molecule has 0 aromatic rings. The van der Waals surface area contributed by atoms with Crippen LogP contribution in [0.5, 0.6) is 0 Å². The summed E-state index contributed by atoms with van der Waals surface area (Å²) >= 11 is 0. The summed E-state index contributed by atoms with van der Waals surface area (Å²) in [5.41, 5.74) is 0. The Morgan fingerprint density at radius 1 is 0.284 bits per heavy atom. The third-order valence-electron chi connectivity index (χ3n) is 18.0. The predicted molar refractivity (Wildman–Crippen MR) is 418 cm³/mol. The molecular formula is C83H152O17P2. The molecular weight excluding hydrogens is 1330 g/mol. The predicted octanol–water partition coefficient (Wildman–Crippen LogP) is 24.2. The average molecular weight is 1480 g/mol. The van der Waals surface area contributed by atoms with Crippen molar-refractivity contribution in [1.29, 1.82) is 0 Å². The van der Waals surface area contributed by atoms with Gasteiger partial charge in [-0.1, -0.05) is 332 Å². The third-order valence-corrected chi connectivity index (χ3v) is 19.9. The Bertz CT molecular complexity index is 2170. The highest BCUT2D eigenvalue weighted by Gasteiger charge is 2.30. The van der Waals surface area contributed by atoms with E-state index >= 15 is 0 Å². The van der Waals surface area contributed by atoms with Crippen LogP contribution < -0.4 is 0 Å². The van der Waals surface area contributed by atoms with Crippen LogP contribution in [-0.4, -0.2) is 96.7 Å². The Balaban J connectivity index is 5.31. The molecule has 0 saturated carbocycles. The highest BCUT2D eigenvalue weighted by molar-refractivity contribution is 7.47. The molecule has 596 valence electrons. The van der Waals surface area contributed by atoms with Crippen LogP contribution in [0.1, 0.15) is 387 Å². The van der Waals surface area contributed by atoms with Gasteiger partial charge in [-0.05, 0) is 89.9 Å². The summed E-state index contributed by atoms with van der Waals surface area (Å²) in [6, 6.07) is 0. The molecule has 102 heavy (non-hydrogen) atoms. The molecule has 0 fully saturated rings. The van der Waals surface area contributed by atoms with E-state index in [1.807, 2.05) is 0 Å². The molecule has 0 aliphatic carbocycles. The molecule has 5 atom stereocenters. The highest BCUT2D eigenvalue weighted by atomic mass is 31.2. The van der Waals surface area contributed by atoms with Gasteiger partial charge in [-0.3, -0.25) is 37.3 Å². The maximum atomic E-state index is 13.1. The molecule has 0 aliphatic heterocycles. The van der Waals surface area contributed by atoms with Crippen molar-refractivity contribution in [2.24, 2.45) is 0 Å². The molecule has 19 heteroatoms. The van der Waals surface area contributed by atoms with Crippen LogP contribution in [0.25, 0.3) is 0 Å². The molecule has 0 heterocycles. The smallest absolute Gasteiger partial charge is 0.462 e. The molecule has 0 aromatic carbocycles. The van der Waals surface area contributed by atoms with E-state index < -0.39 is 97.5 Å². The average Bonchev–Trinajstić information content (AvgIpc) is 0.924. The van der Waals surface area contributed by atoms with Crippen LogP contribution in [0.15, 0.2) is 60.8 Å². The minimum absolute atomic E-state index is 0.0911. The summed E-state index contributed by atoms with van der Waals surface area (Å²) in [6.45, 7) is 4.82. The van der Waals surface area contributed by atoms with E-state index in [0.717, 1.165) is 148 Å². The van der Waals surface area contributed by atoms with Crippen molar-refractivity contribution >= 4 is 39.5 Å². The van der Waals surface area contributed by atoms with Gasteiger partial charge in [0.15, 0.2) is 12.2 Å². The number of ether oxygens (including phenoxy) is 4. The Hall–Kier alpha value is -3.24. The minimum Gasteiger partial charge on any atom is -0.462 e.